The van der Waals surface area contributed by atoms with E-state index in [1.54, 1.807) is 26.1 Å². The van der Waals surface area contributed by atoms with Crippen molar-refractivity contribution < 1.29 is 9.53 Å². The van der Waals surface area contributed by atoms with Crippen LogP contribution < -0.4 is 10.6 Å². The van der Waals surface area contributed by atoms with Gasteiger partial charge in [0.25, 0.3) is 0 Å². The third-order valence-electron chi connectivity index (χ3n) is 3.51. The Morgan fingerprint density at radius 3 is 2.36 bits per heavy atom. The minimum absolute atomic E-state index is 0.287. The molecular formula is C17H27N3O2. The van der Waals surface area contributed by atoms with E-state index in [1.165, 1.54) is 0 Å². The molecule has 5 nitrogen and oxygen atoms in total. The van der Waals surface area contributed by atoms with Gasteiger partial charge in [-0.25, -0.2) is 4.79 Å². The highest BCUT2D eigenvalue weighted by molar-refractivity contribution is 5.89. The van der Waals surface area contributed by atoms with Crippen LogP contribution in [0.25, 0.3) is 0 Å². The lowest BCUT2D eigenvalue weighted by Gasteiger charge is -2.20. The van der Waals surface area contributed by atoms with E-state index in [0.717, 1.165) is 11.5 Å². The summed E-state index contributed by atoms with van der Waals surface area (Å²) in [6.45, 7) is 9.29. The largest absolute Gasteiger partial charge is 0.462 e. The van der Waals surface area contributed by atoms with E-state index in [0.29, 0.717) is 30.7 Å². The van der Waals surface area contributed by atoms with E-state index < -0.39 is 0 Å². The van der Waals surface area contributed by atoms with Crippen molar-refractivity contribution in [3.8, 4) is 0 Å². The molecule has 1 atom stereocenters. The molecule has 0 spiro atoms. The number of carbonyl (C=O) groups excluding carboxylic acids is 1. The number of esters is 1. The molecule has 0 aliphatic heterocycles. The fourth-order valence-corrected chi connectivity index (χ4v) is 1.74. The van der Waals surface area contributed by atoms with Crippen LogP contribution in [-0.2, 0) is 11.3 Å². The molecule has 0 radical (unpaired) electrons. The lowest BCUT2D eigenvalue weighted by atomic mass is 10.1. The highest BCUT2D eigenvalue weighted by Gasteiger charge is 2.09. The van der Waals surface area contributed by atoms with Gasteiger partial charge in [0.05, 0.1) is 12.2 Å². The van der Waals surface area contributed by atoms with E-state index >= 15 is 0 Å². The number of carbonyl (C=O) groups is 1. The van der Waals surface area contributed by atoms with Gasteiger partial charge in [0, 0.05) is 19.6 Å². The van der Waals surface area contributed by atoms with Crippen molar-refractivity contribution in [3.63, 3.8) is 0 Å². The Bertz CT molecular complexity index is 495. The van der Waals surface area contributed by atoms with E-state index in [4.69, 9.17) is 4.74 Å². The van der Waals surface area contributed by atoms with Crippen molar-refractivity contribution in [1.29, 1.82) is 0 Å². The number of benzene rings is 1. The first-order valence-corrected chi connectivity index (χ1v) is 7.71. The van der Waals surface area contributed by atoms with Crippen LogP contribution in [0.4, 0.5) is 0 Å². The maximum atomic E-state index is 11.6. The molecule has 0 aromatic heterocycles. The average molecular weight is 305 g/mol. The standard InChI is InChI=1S/C17H27N3O2/c1-6-22-16(21)15-9-7-14(8-10-15)11-19-17(18-5)20-13(4)12(2)3/h7-10,12-13H,6,11H2,1-5H3,(H2,18,19,20). The predicted octanol–water partition coefficient (Wildman–Crippen LogP) is 2.57. The highest BCUT2D eigenvalue weighted by atomic mass is 16.5. The molecule has 22 heavy (non-hydrogen) atoms. The maximum Gasteiger partial charge on any atom is 0.338 e. The van der Waals surface area contributed by atoms with Gasteiger partial charge in [0.1, 0.15) is 0 Å². The van der Waals surface area contributed by atoms with Crippen LogP contribution in [0.2, 0.25) is 0 Å². The van der Waals surface area contributed by atoms with Gasteiger partial charge < -0.3 is 15.4 Å². The lowest BCUT2D eigenvalue weighted by molar-refractivity contribution is 0.0526. The Balaban J connectivity index is 2.55. The number of hydrogen-bond acceptors (Lipinski definition) is 3. The summed E-state index contributed by atoms with van der Waals surface area (Å²) in [6, 6.07) is 7.73. The summed E-state index contributed by atoms with van der Waals surface area (Å²) in [7, 11) is 1.76. The Morgan fingerprint density at radius 1 is 1.23 bits per heavy atom. The fourth-order valence-electron chi connectivity index (χ4n) is 1.74. The summed E-state index contributed by atoms with van der Waals surface area (Å²) in [5.74, 6) is 1.02. The van der Waals surface area contributed by atoms with Gasteiger partial charge in [-0.15, -0.1) is 0 Å². The molecule has 1 aromatic carbocycles. The zero-order valence-corrected chi connectivity index (χ0v) is 14.1. The van der Waals surface area contributed by atoms with Gasteiger partial charge in [0.15, 0.2) is 5.96 Å². The Labute approximate surface area is 133 Å². The monoisotopic (exact) mass is 305 g/mol. The normalized spacial score (nSPS) is 12.9. The summed E-state index contributed by atoms with van der Waals surface area (Å²) in [5.41, 5.74) is 1.65. The van der Waals surface area contributed by atoms with Crippen LogP contribution in [-0.4, -0.2) is 31.6 Å². The van der Waals surface area contributed by atoms with Gasteiger partial charge in [-0.1, -0.05) is 26.0 Å². The van der Waals surface area contributed by atoms with E-state index in [1.807, 2.05) is 12.1 Å². The molecule has 0 bridgehead atoms. The molecule has 0 amide bonds. The smallest absolute Gasteiger partial charge is 0.338 e. The molecule has 0 fully saturated rings. The maximum absolute atomic E-state index is 11.6. The minimum Gasteiger partial charge on any atom is -0.462 e. The van der Waals surface area contributed by atoms with E-state index in [9.17, 15) is 4.79 Å². The zero-order chi connectivity index (χ0) is 16.5. The molecule has 122 valence electrons. The number of aliphatic imine (C=N–C) groups is 1. The average Bonchev–Trinajstić information content (AvgIpc) is 2.51. The van der Waals surface area contributed by atoms with Crippen molar-refractivity contribution in [3.05, 3.63) is 35.4 Å². The quantitative estimate of drug-likeness (QED) is 0.482. The number of nitrogens with one attached hydrogen (secondary N) is 2. The number of hydrogen-bond donors (Lipinski definition) is 2. The summed E-state index contributed by atoms with van der Waals surface area (Å²) in [4.78, 5) is 15.8. The minimum atomic E-state index is -0.287. The Morgan fingerprint density at radius 2 is 1.86 bits per heavy atom. The molecule has 0 saturated carbocycles. The number of nitrogens with zero attached hydrogens (tertiary/aromatic N) is 1. The van der Waals surface area contributed by atoms with Crippen LogP contribution in [0, 0.1) is 5.92 Å². The van der Waals surface area contributed by atoms with Crippen LogP contribution in [0.3, 0.4) is 0 Å². The van der Waals surface area contributed by atoms with Gasteiger partial charge in [-0.05, 0) is 37.5 Å². The first-order chi connectivity index (χ1) is 10.5. The molecule has 0 aliphatic carbocycles. The zero-order valence-electron chi connectivity index (χ0n) is 14.1. The first-order valence-electron chi connectivity index (χ1n) is 7.71. The van der Waals surface area contributed by atoms with Crippen molar-refractivity contribution >= 4 is 11.9 Å². The number of ether oxygens (including phenoxy) is 1. The summed E-state index contributed by atoms with van der Waals surface area (Å²) in [6.07, 6.45) is 0. The Kier molecular flexibility index (Phi) is 7.43. The van der Waals surface area contributed by atoms with Crippen LogP contribution in [0.1, 0.15) is 43.6 Å². The second-order valence-electron chi connectivity index (χ2n) is 5.52. The molecular weight excluding hydrogens is 278 g/mol. The molecule has 0 heterocycles. The molecule has 1 unspecified atom stereocenters. The van der Waals surface area contributed by atoms with E-state index in [2.05, 4.69) is 36.4 Å². The van der Waals surface area contributed by atoms with Crippen LogP contribution in [0.5, 0.6) is 0 Å². The molecule has 1 aromatic rings. The number of guanidine groups is 1. The SMILES string of the molecule is CCOC(=O)c1ccc(CNC(=NC)NC(C)C(C)C)cc1. The van der Waals surface area contributed by atoms with Gasteiger partial charge in [0.2, 0.25) is 0 Å². The van der Waals surface area contributed by atoms with Gasteiger partial charge in [-0.3, -0.25) is 4.99 Å². The van der Waals surface area contributed by atoms with Crippen LogP contribution >= 0.6 is 0 Å². The predicted molar refractivity (Wildman–Crippen MR) is 90.0 cm³/mol. The van der Waals surface area contributed by atoms with Crippen molar-refractivity contribution in [1.82, 2.24) is 10.6 Å². The van der Waals surface area contributed by atoms with Crippen molar-refractivity contribution in [2.45, 2.75) is 40.3 Å². The molecule has 0 saturated heterocycles. The first kappa shape index (κ1) is 18.0. The van der Waals surface area contributed by atoms with E-state index in [-0.39, 0.29) is 5.97 Å². The number of rotatable bonds is 6. The lowest BCUT2D eigenvalue weighted by Crippen LogP contribution is -2.43. The van der Waals surface area contributed by atoms with Crippen LogP contribution in [0.15, 0.2) is 29.3 Å². The van der Waals surface area contributed by atoms with Gasteiger partial charge >= 0.3 is 5.97 Å². The molecule has 1 rings (SSSR count). The van der Waals surface area contributed by atoms with Crippen molar-refractivity contribution in [2.24, 2.45) is 10.9 Å². The summed E-state index contributed by atoms with van der Waals surface area (Å²) < 4.78 is 4.97. The summed E-state index contributed by atoms with van der Waals surface area (Å²) in [5, 5.41) is 6.62. The molecule has 5 heteroatoms. The van der Waals surface area contributed by atoms with Crippen molar-refractivity contribution in [2.75, 3.05) is 13.7 Å². The highest BCUT2D eigenvalue weighted by Crippen LogP contribution is 2.06. The Hall–Kier alpha value is -2.04. The topological polar surface area (TPSA) is 62.7 Å². The second kappa shape index (κ2) is 9.07. The third kappa shape index (κ3) is 5.76. The van der Waals surface area contributed by atoms with Gasteiger partial charge in [-0.2, -0.15) is 0 Å². The molecule has 0 aliphatic rings. The third-order valence-corrected chi connectivity index (χ3v) is 3.51. The summed E-state index contributed by atoms with van der Waals surface area (Å²) >= 11 is 0. The fraction of sp³-hybridized carbons (Fsp3) is 0.529. The molecule has 2 N–H and O–H groups in total. The second-order valence-corrected chi connectivity index (χ2v) is 5.52.